The molecule has 210 valence electrons. The van der Waals surface area contributed by atoms with E-state index in [-0.39, 0.29) is 33.1 Å². The normalized spacial score (nSPS) is 12.9. The molecule has 5 rings (SSSR count). The summed E-state index contributed by atoms with van der Waals surface area (Å²) in [6, 6.07) is 19.8. The average molecular weight is 563 g/mol. The minimum Gasteiger partial charge on any atom is -0.478 e. The van der Waals surface area contributed by atoms with Crippen LogP contribution in [0.1, 0.15) is 42.2 Å². The van der Waals surface area contributed by atoms with Crippen LogP contribution >= 0.6 is 0 Å². The zero-order valence-electron chi connectivity index (χ0n) is 23.0. The highest BCUT2D eigenvalue weighted by atomic mass is 16.4. The molecule has 4 aromatic rings. The van der Waals surface area contributed by atoms with Gasteiger partial charge in [-0.1, -0.05) is 42.5 Å². The summed E-state index contributed by atoms with van der Waals surface area (Å²) in [4.78, 5) is 53.4. The fourth-order valence-electron chi connectivity index (χ4n) is 4.69. The third kappa shape index (κ3) is 5.08. The van der Waals surface area contributed by atoms with Crippen LogP contribution in [0.25, 0.3) is 17.8 Å². The highest BCUT2D eigenvalue weighted by Gasteiger charge is 2.31. The number of pyridine rings is 1. The molecule has 1 amide bonds. The molecule has 2 heterocycles. The van der Waals surface area contributed by atoms with Crippen molar-refractivity contribution < 1.29 is 24.6 Å². The van der Waals surface area contributed by atoms with Gasteiger partial charge in [-0.25, -0.2) is 9.59 Å². The topological polar surface area (TPSA) is 133 Å². The maximum Gasteiger partial charge on any atom is 0.335 e. The first-order chi connectivity index (χ1) is 20.1. The van der Waals surface area contributed by atoms with Crippen LogP contribution in [0.5, 0.6) is 0 Å². The predicted molar refractivity (Wildman–Crippen MR) is 159 cm³/mol. The van der Waals surface area contributed by atoms with Gasteiger partial charge in [0.15, 0.2) is 5.49 Å². The van der Waals surface area contributed by atoms with Gasteiger partial charge in [-0.2, -0.15) is 5.01 Å². The third-order valence-corrected chi connectivity index (χ3v) is 6.88. The first kappa shape index (κ1) is 27.8. The second-order valence-corrected chi connectivity index (χ2v) is 9.82. The Hall–Kier alpha value is -5.77. The summed E-state index contributed by atoms with van der Waals surface area (Å²) >= 11 is 0. The summed E-state index contributed by atoms with van der Waals surface area (Å²) in [5.74, 6) is -3.22. The lowest BCUT2D eigenvalue weighted by molar-refractivity contribution is 0.0696. The van der Waals surface area contributed by atoms with Crippen LogP contribution in [0.2, 0.25) is 0 Å². The van der Waals surface area contributed by atoms with Crippen molar-refractivity contribution in [1.82, 2.24) is 4.57 Å². The SMILES string of the molecule is Cc1c2c(n(-c3cc(C(=O)O)cc(C(=O)O)c3)c(=O)/c1=C\C=Cc1ccc(N(C)C)cc1)=NN(c1ccccc1)C2=O. The summed E-state index contributed by atoms with van der Waals surface area (Å²) < 4.78 is 1.09. The van der Waals surface area contributed by atoms with Crippen molar-refractivity contribution in [3.63, 3.8) is 0 Å². The van der Waals surface area contributed by atoms with E-state index in [1.807, 2.05) is 49.3 Å². The molecular weight excluding hydrogens is 536 g/mol. The average Bonchev–Trinajstić information content (AvgIpc) is 3.32. The molecule has 1 aromatic heterocycles. The Morgan fingerprint density at radius 1 is 0.857 bits per heavy atom. The van der Waals surface area contributed by atoms with Gasteiger partial charge in [0, 0.05) is 25.0 Å². The zero-order chi connectivity index (χ0) is 30.1. The van der Waals surface area contributed by atoms with Crippen LogP contribution in [0.3, 0.4) is 0 Å². The van der Waals surface area contributed by atoms with Gasteiger partial charge in [0.05, 0.1) is 28.1 Å². The molecule has 2 N–H and O–H groups in total. The largest absolute Gasteiger partial charge is 0.478 e. The molecule has 1 aliphatic rings. The standard InChI is InChI=1S/C32H26N4O6/c1-19-26(11-7-8-20-12-14-23(15-13-20)34(2)3)29(37)35(25-17-21(31(39)40)16-22(18-25)32(41)42)28-27(19)30(38)36(33-28)24-9-5-4-6-10-24/h4-18H,1-3H3,(H,39,40)(H,41,42)/b8-7?,26-11-. The molecule has 0 saturated carbocycles. The number of aromatic nitrogens is 1. The van der Waals surface area contributed by atoms with E-state index < -0.39 is 23.4 Å². The monoisotopic (exact) mass is 562 g/mol. The van der Waals surface area contributed by atoms with Crippen molar-refractivity contribution >= 4 is 41.4 Å². The molecule has 0 bridgehead atoms. The number of carboxylic acids is 2. The molecule has 3 aromatic carbocycles. The van der Waals surface area contributed by atoms with Crippen molar-refractivity contribution in [3.05, 3.63) is 128 Å². The lowest BCUT2D eigenvalue weighted by Gasteiger charge is -2.12. The molecule has 1 aliphatic heterocycles. The van der Waals surface area contributed by atoms with Gasteiger partial charge in [0.2, 0.25) is 0 Å². The number of aromatic carboxylic acids is 2. The van der Waals surface area contributed by atoms with Crippen LogP contribution in [-0.2, 0) is 0 Å². The number of carboxylic acid groups (broad SMARTS) is 2. The highest BCUT2D eigenvalue weighted by Crippen LogP contribution is 2.21. The fraction of sp³-hybridized carbons (Fsp3) is 0.0938. The number of nitrogens with zero attached hydrogens (tertiary/aromatic N) is 4. The van der Waals surface area contributed by atoms with Gasteiger partial charge in [-0.3, -0.25) is 14.2 Å². The molecule has 0 spiro atoms. The van der Waals surface area contributed by atoms with Crippen molar-refractivity contribution in [3.8, 4) is 5.69 Å². The van der Waals surface area contributed by atoms with Crippen LogP contribution in [-0.4, -0.2) is 46.7 Å². The molecular formula is C32H26N4O6. The maximum absolute atomic E-state index is 14.0. The van der Waals surface area contributed by atoms with E-state index >= 15 is 0 Å². The van der Waals surface area contributed by atoms with E-state index in [9.17, 15) is 29.4 Å². The van der Waals surface area contributed by atoms with Crippen molar-refractivity contribution in [2.45, 2.75) is 6.92 Å². The number of hydrogen-bond acceptors (Lipinski definition) is 6. The Morgan fingerprint density at radius 2 is 1.48 bits per heavy atom. The fourth-order valence-corrected chi connectivity index (χ4v) is 4.69. The summed E-state index contributed by atoms with van der Waals surface area (Å²) in [6.45, 7) is 1.65. The first-order valence-corrected chi connectivity index (χ1v) is 12.9. The van der Waals surface area contributed by atoms with Gasteiger partial charge < -0.3 is 15.1 Å². The van der Waals surface area contributed by atoms with Crippen LogP contribution in [0.4, 0.5) is 11.4 Å². The van der Waals surface area contributed by atoms with E-state index in [2.05, 4.69) is 5.10 Å². The smallest absolute Gasteiger partial charge is 0.335 e. The number of carbonyl (C=O) groups is 3. The van der Waals surface area contributed by atoms with Gasteiger partial charge in [0.1, 0.15) is 0 Å². The lowest BCUT2D eigenvalue weighted by atomic mass is 10.1. The number of amides is 1. The number of allylic oxidation sites excluding steroid dienone is 1. The van der Waals surface area contributed by atoms with Crippen LogP contribution < -0.4 is 26.2 Å². The molecule has 10 heteroatoms. The Kier molecular flexibility index (Phi) is 7.28. The van der Waals surface area contributed by atoms with E-state index in [1.165, 1.54) is 17.1 Å². The molecule has 10 nitrogen and oxygen atoms in total. The Morgan fingerprint density at radius 3 is 2.05 bits per heavy atom. The van der Waals surface area contributed by atoms with Crippen LogP contribution in [0.15, 0.2) is 88.8 Å². The molecule has 0 aliphatic carbocycles. The van der Waals surface area contributed by atoms with E-state index in [1.54, 1.807) is 49.4 Å². The summed E-state index contributed by atoms with van der Waals surface area (Å²) in [6.07, 6.45) is 5.07. The Bertz CT molecular complexity index is 1930. The number of rotatable bonds is 7. The second-order valence-electron chi connectivity index (χ2n) is 9.82. The van der Waals surface area contributed by atoms with Crippen LogP contribution in [0, 0.1) is 6.92 Å². The molecule has 0 saturated heterocycles. The number of hydrogen-bond donors (Lipinski definition) is 2. The molecule has 0 atom stereocenters. The number of benzene rings is 3. The zero-order valence-corrected chi connectivity index (χ0v) is 23.0. The van der Waals surface area contributed by atoms with E-state index in [4.69, 9.17) is 0 Å². The highest BCUT2D eigenvalue weighted by molar-refractivity contribution is 6.08. The molecule has 0 fully saturated rings. The van der Waals surface area contributed by atoms with Crippen molar-refractivity contribution in [2.24, 2.45) is 5.10 Å². The molecule has 0 unspecified atom stereocenters. The van der Waals surface area contributed by atoms with E-state index in [0.717, 1.165) is 21.9 Å². The lowest BCUT2D eigenvalue weighted by Crippen LogP contribution is -2.45. The third-order valence-electron chi connectivity index (χ3n) is 6.88. The maximum atomic E-state index is 14.0. The van der Waals surface area contributed by atoms with Gasteiger partial charge >= 0.3 is 11.9 Å². The first-order valence-electron chi connectivity index (χ1n) is 12.9. The molecule has 42 heavy (non-hydrogen) atoms. The summed E-state index contributed by atoms with van der Waals surface area (Å²) in [7, 11) is 3.89. The van der Waals surface area contributed by atoms with Gasteiger partial charge in [-0.05, 0) is 66.6 Å². The number of carbonyl (C=O) groups excluding carboxylic acids is 1. The number of para-hydroxylation sites is 1. The van der Waals surface area contributed by atoms with Gasteiger partial charge in [0.25, 0.3) is 11.5 Å². The van der Waals surface area contributed by atoms with E-state index in [0.29, 0.717) is 11.3 Å². The Labute approximate surface area is 240 Å². The van der Waals surface area contributed by atoms with Crippen molar-refractivity contribution in [1.29, 1.82) is 0 Å². The summed E-state index contributed by atoms with van der Waals surface area (Å²) in [5.41, 5.74) is 1.59. The minimum atomic E-state index is -1.37. The quantitative estimate of drug-likeness (QED) is 0.353. The Balaban J connectivity index is 1.77. The molecule has 0 radical (unpaired) electrons. The van der Waals surface area contributed by atoms with Gasteiger partial charge in [-0.15, -0.1) is 5.10 Å². The summed E-state index contributed by atoms with van der Waals surface area (Å²) in [5, 5.41) is 25.1. The van der Waals surface area contributed by atoms with Crippen molar-refractivity contribution in [2.75, 3.05) is 24.0 Å². The number of anilines is 2. The number of fused-ring (bicyclic) bond motifs is 1. The predicted octanol–water partition coefficient (Wildman–Crippen LogP) is 3.30. The second kappa shape index (κ2) is 11.0. The minimum absolute atomic E-state index is 0.0226.